The number of esters is 1. The zero-order chi connectivity index (χ0) is 13.9. The number of rotatable bonds is 5. The lowest BCUT2D eigenvalue weighted by Gasteiger charge is -2.05. The van der Waals surface area contributed by atoms with Crippen molar-refractivity contribution < 1.29 is 23.9 Å². The van der Waals surface area contributed by atoms with Gasteiger partial charge in [-0.05, 0) is 6.92 Å². The number of ketones is 2. The Morgan fingerprint density at radius 1 is 1.33 bits per heavy atom. The maximum absolute atomic E-state index is 11.9. The third-order valence-electron chi connectivity index (χ3n) is 2.47. The standard InChI is InChI=1S/C11H14N2O5/c1-6(10(15)11(16)18-4)9(14)7-5-8(17-3)13(2)12-7/h5-6H,1-4H3. The van der Waals surface area contributed by atoms with Crippen LogP contribution in [-0.4, -0.2) is 41.5 Å². The van der Waals surface area contributed by atoms with E-state index in [1.54, 1.807) is 7.05 Å². The highest BCUT2D eigenvalue weighted by Crippen LogP contribution is 2.15. The largest absolute Gasteiger partial charge is 0.481 e. The van der Waals surface area contributed by atoms with Gasteiger partial charge >= 0.3 is 5.97 Å². The van der Waals surface area contributed by atoms with E-state index in [9.17, 15) is 14.4 Å². The Kier molecular flexibility index (Phi) is 4.19. The minimum atomic E-state index is -1.13. The molecule has 0 N–H and O–H groups in total. The van der Waals surface area contributed by atoms with E-state index in [0.717, 1.165) is 7.11 Å². The zero-order valence-electron chi connectivity index (χ0n) is 10.6. The molecule has 1 aromatic rings. The Labute approximate surface area is 104 Å². The van der Waals surface area contributed by atoms with Crippen molar-refractivity contribution in [3.63, 3.8) is 0 Å². The van der Waals surface area contributed by atoms with Crippen molar-refractivity contribution in [3.8, 4) is 5.88 Å². The molecular formula is C11H14N2O5. The summed E-state index contributed by atoms with van der Waals surface area (Å²) in [5.74, 6) is -3.23. The number of aryl methyl sites for hydroxylation is 1. The highest BCUT2D eigenvalue weighted by molar-refractivity contribution is 6.39. The maximum atomic E-state index is 11.9. The van der Waals surface area contributed by atoms with Crippen molar-refractivity contribution >= 4 is 17.5 Å². The molecule has 0 aromatic carbocycles. The molecule has 1 heterocycles. The maximum Gasteiger partial charge on any atom is 0.375 e. The van der Waals surface area contributed by atoms with Crippen LogP contribution >= 0.6 is 0 Å². The van der Waals surface area contributed by atoms with Crippen molar-refractivity contribution in [2.75, 3.05) is 14.2 Å². The monoisotopic (exact) mass is 254 g/mol. The Morgan fingerprint density at radius 3 is 2.39 bits per heavy atom. The van der Waals surface area contributed by atoms with E-state index in [-0.39, 0.29) is 5.69 Å². The second-order valence-corrected chi connectivity index (χ2v) is 3.64. The molecule has 98 valence electrons. The van der Waals surface area contributed by atoms with Gasteiger partial charge in [-0.25, -0.2) is 9.48 Å². The molecule has 0 saturated heterocycles. The normalized spacial score (nSPS) is 11.8. The van der Waals surface area contributed by atoms with Crippen molar-refractivity contribution in [2.45, 2.75) is 6.92 Å². The number of carbonyl (C=O) groups excluding carboxylic acids is 3. The van der Waals surface area contributed by atoms with Crippen molar-refractivity contribution in [3.05, 3.63) is 11.8 Å². The summed E-state index contributed by atoms with van der Waals surface area (Å²) >= 11 is 0. The van der Waals surface area contributed by atoms with Gasteiger partial charge in [0.2, 0.25) is 5.88 Å². The molecule has 1 unspecified atom stereocenters. The molecule has 0 amide bonds. The summed E-state index contributed by atoms with van der Waals surface area (Å²) in [5, 5.41) is 3.91. The number of Topliss-reactive ketones (excluding diaryl/α,β-unsaturated/α-hetero) is 2. The highest BCUT2D eigenvalue weighted by Gasteiger charge is 2.30. The van der Waals surface area contributed by atoms with Gasteiger partial charge in [0.05, 0.1) is 20.1 Å². The average molecular weight is 254 g/mol. The average Bonchev–Trinajstić information content (AvgIpc) is 2.76. The van der Waals surface area contributed by atoms with Gasteiger partial charge in [-0.2, -0.15) is 5.10 Å². The molecule has 7 nitrogen and oxygen atoms in total. The third-order valence-corrected chi connectivity index (χ3v) is 2.47. The smallest absolute Gasteiger partial charge is 0.375 e. The van der Waals surface area contributed by atoms with E-state index in [0.29, 0.717) is 5.88 Å². The van der Waals surface area contributed by atoms with Crippen LogP contribution in [-0.2, 0) is 21.4 Å². The lowest BCUT2D eigenvalue weighted by Crippen LogP contribution is -2.29. The number of hydrogen-bond acceptors (Lipinski definition) is 6. The van der Waals surface area contributed by atoms with Crippen LogP contribution in [0.25, 0.3) is 0 Å². The van der Waals surface area contributed by atoms with E-state index >= 15 is 0 Å². The molecule has 0 bridgehead atoms. The number of nitrogens with zero attached hydrogens (tertiary/aromatic N) is 2. The van der Waals surface area contributed by atoms with Gasteiger partial charge in [-0.3, -0.25) is 9.59 Å². The number of ether oxygens (including phenoxy) is 2. The van der Waals surface area contributed by atoms with Gasteiger partial charge in [-0.15, -0.1) is 0 Å². The molecule has 7 heteroatoms. The SMILES string of the molecule is COC(=O)C(=O)C(C)C(=O)c1cc(OC)n(C)n1. The summed E-state index contributed by atoms with van der Waals surface area (Å²) in [7, 11) is 4.12. The van der Waals surface area contributed by atoms with Gasteiger partial charge in [-0.1, -0.05) is 0 Å². The van der Waals surface area contributed by atoms with E-state index in [4.69, 9.17) is 4.74 Å². The molecule has 18 heavy (non-hydrogen) atoms. The van der Waals surface area contributed by atoms with Crippen LogP contribution in [0, 0.1) is 5.92 Å². The molecule has 0 aliphatic heterocycles. The van der Waals surface area contributed by atoms with Crippen LogP contribution in [0.4, 0.5) is 0 Å². The summed E-state index contributed by atoms with van der Waals surface area (Å²) < 4.78 is 10.6. The first-order valence-electron chi connectivity index (χ1n) is 5.16. The van der Waals surface area contributed by atoms with Gasteiger partial charge in [0.15, 0.2) is 5.78 Å². The number of aromatic nitrogens is 2. The lowest BCUT2D eigenvalue weighted by molar-refractivity contribution is -0.152. The molecule has 1 aromatic heterocycles. The first-order valence-corrected chi connectivity index (χ1v) is 5.16. The topological polar surface area (TPSA) is 87.5 Å². The van der Waals surface area contributed by atoms with Crippen molar-refractivity contribution in [2.24, 2.45) is 13.0 Å². The second kappa shape index (κ2) is 5.44. The highest BCUT2D eigenvalue weighted by atomic mass is 16.5. The molecule has 0 radical (unpaired) electrons. The van der Waals surface area contributed by atoms with E-state index in [1.807, 2.05) is 0 Å². The fourth-order valence-electron chi connectivity index (χ4n) is 1.38. The summed E-state index contributed by atoms with van der Waals surface area (Å²) in [6, 6.07) is 1.41. The van der Waals surface area contributed by atoms with Gasteiger partial charge in [0.25, 0.3) is 5.78 Å². The first kappa shape index (κ1) is 13.9. The molecule has 0 saturated carbocycles. The predicted molar refractivity (Wildman–Crippen MR) is 60.3 cm³/mol. The molecule has 1 atom stereocenters. The first-order chi connectivity index (χ1) is 8.42. The third kappa shape index (κ3) is 2.55. The summed E-state index contributed by atoms with van der Waals surface area (Å²) in [6.07, 6.45) is 0. The second-order valence-electron chi connectivity index (χ2n) is 3.64. The fourth-order valence-corrected chi connectivity index (χ4v) is 1.38. The zero-order valence-corrected chi connectivity index (χ0v) is 10.6. The van der Waals surface area contributed by atoms with Gasteiger partial charge in [0.1, 0.15) is 5.69 Å². The van der Waals surface area contributed by atoms with Crippen molar-refractivity contribution in [1.82, 2.24) is 9.78 Å². The van der Waals surface area contributed by atoms with Crippen LogP contribution in [0.3, 0.4) is 0 Å². The quantitative estimate of drug-likeness (QED) is 0.318. The predicted octanol–water partition coefficient (Wildman–Crippen LogP) is -0.0104. The molecule has 0 fully saturated rings. The van der Waals surface area contributed by atoms with Crippen LogP contribution in [0.2, 0.25) is 0 Å². The minimum Gasteiger partial charge on any atom is -0.481 e. The Hall–Kier alpha value is -2.18. The van der Waals surface area contributed by atoms with Gasteiger partial charge in [0, 0.05) is 13.1 Å². The van der Waals surface area contributed by atoms with E-state index in [2.05, 4.69) is 9.84 Å². The number of methoxy groups -OCH3 is 2. The summed E-state index contributed by atoms with van der Waals surface area (Å²) in [6.45, 7) is 1.34. The van der Waals surface area contributed by atoms with Crippen LogP contribution in [0.5, 0.6) is 5.88 Å². The minimum absolute atomic E-state index is 0.0686. The summed E-state index contributed by atoms with van der Waals surface area (Å²) in [4.78, 5) is 34.5. The molecule has 0 spiro atoms. The van der Waals surface area contributed by atoms with Crippen LogP contribution in [0.1, 0.15) is 17.4 Å². The van der Waals surface area contributed by atoms with Gasteiger partial charge < -0.3 is 9.47 Å². The Morgan fingerprint density at radius 2 is 1.94 bits per heavy atom. The molecule has 1 rings (SSSR count). The van der Waals surface area contributed by atoms with Crippen molar-refractivity contribution in [1.29, 1.82) is 0 Å². The Balaban J connectivity index is 2.93. The molecular weight excluding hydrogens is 240 g/mol. The van der Waals surface area contributed by atoms with E-state index in [1.165, 1.54) is 24.8 Å². The summed E-state index contributed by atoms with van der Waals surface area (Å²) in [5.41, 5.74) is 0.0686. The number of carbonyl (C=O) groups is 3. The van der Waals surface area contributed by atoms with E-state index < -0.39 is 23.5 Å². The van der Waals surface area contributed by atoms with Crippen LogP contribution in [0.15, 0.2) is 6.07 Å². The van der Waals surface area contributed by atoms with Crippen LogP contribution < -0.4 is 4.74 Å². The fraction of sp³-hybridized carbons (Fsp3) is 0.455. The Bertz CT molecular complexity index is 492. The molecule has 0 aliphatic carbocycles. The number of hydrogen-bond donors (Lipinski definition) is 0. The molecule has 0 aliphatic rings. The lowest BCUT2D eigenvalue weighted by atomic mass is 9.99.